The standard InChI is InChI=1S/C18H18ClFN4O4S/c1-9-24-12-7-13(22-2-4-23(5-3-22)14(25)8-21-19)11(20)6-10(12)16(26)15(18(27)28)17(24)29-9/h6-7,9,21H,2-5,8H2,1H3,(H,27,28). The molecule has 0 aliphatic carbocycles. The van der Waals surface area contributed by atoms with Gasteiger partial charge in [-0.3, -0.25) is 9.59 Å². The minimum Gasteiger partial charge on any atom is -0.477 e. The quantitative estimate of drug-likeness (QED) is 0.700. The van der Waals surface area contributed by atoms with Gasteiger partial charge in [0.15, 0.2) is 0 Å². The van der Waals surface area contributed by atoms with Crippen LogP contribution in [0.3, 0.4) is 0 Å². The van der Waals surface area contributed by atoms with Gasteiger partial charge < -0.3 is 19.5 Å². The number of aromatic nitrogens is 1. The molecule has 154 valence electrons. The molecule has 0 radical (unpaired) electrons. The largest absolute Gasteiger partial charge is 0.477 e. The van der Waals surface area contributed by atoms with Crippen molar-refractivity contribution in [3.8, 4) is 0 Å². The first-order valence-electron chi connectivity index (χ1n) is 9.01. The van der Waals surface area contributed by atoms with Crippen LogP contribution in [0, 0.1) is 5.82 Å². The number of hydrogen-bond donors (Lipinski definition) is 2. The smallest absolute Gasteiger partial charge is 0.342 e. The van der Waals surface area contributed by atoms with E-state index in [2.05, 4.69) is 4.84 Å². The van der Waals surface area contributed by atoms with Crippen LogP contribution in [0.1, 0.15) is 22.7 Å². The third kappa shape index (κ3) is 3.24. The number of carboxylic acid groups (broad SMARTS) is 1. The summed E-state index contributed by atoms with van der Waals surface area (Å²) >= 11 is 6.69. The molecule has 1 fully saturated rings. The minimum absolute atomic E-state index is 0.0302. The van der Waals surface area contributed by atoms with Gasteiger partial charge in [-0.15, -0.1) is 0 Å². The van der Waals surface area contributed by atoms with Crippen molar-refractivity contribution in [2.75, 3.05) is 37.6 Å². The fourth-order valence-electron chi connectivity index (χ4n) is 3.83. The molecule has 1 saturated heterocycles. The number of nitrogens with zero attached hydrogens (tertiary/aromatic N) is 3. The number of anilines is 1. The van der Waals surface area contributed by atoms with Gasteiger partial charge in [-0.2, -0.15) is 0 Å². The Bertz CT molecular complexity index is 1080. The summed E-state index contributed by atoms with van der Waals surface area (Å²) in [5, 5.41) is 9.81. The molecule has 2 aliphatic rings. The third-order valence-corrected chi connectivity index (χ3v) is 6.59. The summed E-state index contributed by atoms with van der Waals surface area (Å²) in [6.45, 7) is 3.65. The number of piperazine rings is 1. The second-order valence-electron chi connectivity index (χ2n) is 6.90. The van der Waals surface area contributed by atoms with Crippen molar-refractivity contribution in [2.24, 2.45) is 0 Å². The first-order valence-corrected chi connectivity index (χ1v) is 10.3. The summed E-state index contributed by atoms with van der Waals surface area (Å²) in [5.74, 6) is -2.02. The zero-order valence-electron chi connectivity index (χ0n) is 15.4. The molecule has 2 aliphatic heterocycles. The van der Waals surface area contributed by atoms with Gasteiger partial charge in [0.1, 0.15) is 11.4 Å². The van der Waals surface area contributed by atoms with Gasteiger partial charge in [-0.05, 0) is 30.8 Å². The fraction of sp³-hybridized carbons (Fsp3) is 0.389. The monoisotopic (exact) mass is 440 g/mol. The molecule has 11 heteroatoms. The summed E-state index contributed by atoms with van der Waals surface area (Å²) < 4.78 is 16.7. The van der Waals surface area contributed by atoms with Crippen LogP contribution in [-0.4, -0.2) is 59.2 Å². The van der Waals surface area contributed by atoms with Crippen molar-refractivity contribution < 1.29 is 19.1 Å². The van der Waals surface area contributed by atoms with Gasteiger partial charge in [0.2, 0.25) is 11.3 Å². The highest BCUT2D eigenvalue weighted by Gasteiger charge is 2.33. The van der Waals surface area contributed by atoms with E-state index in [4.69, 9.17) is 11.8 Å². The lowest BCUT2D eigenvalue weighted by molar-refractivity contribution is -0.130. The number of fused-ring (bicyclic) bond motifs is 3. The second-order valence-corrected chi connectivity index (χ2v) is 8.47. The first kappa shape index (κ1) is 20.0. The summed E-state index contributed by atoms with van der Waals surface area (Å²) in [4.78, 5) is 41.9. The second kappa shape index (κ2) is 7.51. The van der Waals surface area contributed by atoms with E-state index in [-0.39, 0.29) is 28.8 Å². The van der Waals surface area contributed by atoms with Crippen LogP contribution in [0.2, 0.25) is 0 Å². The third-order valence-electron chi connectivity index (χ3n) is 5.28. The lowest BCUT2D eigenvalue weighted by Crippen LogP contribution is -2.50. The highest BCUT2D eigenvalue weighted by atomic mass is 35.5. The Kier molecular flexibility index (Phi) is 5.18. The molecule has 8 nitrogen and oxygen atoms in total. The van der Waals surface area contributed by atoms with E-state index in [0.29, 0.717) is 42.4 Å². The molecule has 1 aromatic heterocycles. The van der Waals surface area contributed by atoms with E-state index in [9.17, 15) is 23.9 Å². The molecule has 3 heterocycles. The Hall–Kier alpha value is -2.30. The molecule has 1 atom stereocenters. The molecule has 0 spiro atoms. The molecule has 29 heavy (non-hydrogen) atoms. The number of hydrogen-bond acceptors (Lipinski definition) is 6. The van der Waals surface area contributed by atoms with Crippen LogP contribution in [0.25, 0.3) is 10.9 Å². The van der Waals surface area contributed by atoms with Crippen molar-refractivity contribution in [1.29, 1.82) is 0 Å². The van der Waals surface area contributed by atoms with Crippen LogP contribution in [0.5, 0.6) is 0 Å². The molecule has 0 bridgehead atoms. The van der Waals surface area contributed by atoms with E-state index in [1.54, 1.807) is 15.5 Å². The number of thioether (sulfide) groups is 1. The van der Waals surface area contributed by atoms with Crippen molar-refractivity contribution in [1.82, 2.24) is 14.3 Å². The number of rotatable bonds is 4. The molecule has 1 aromatic carbocycles. The van der Waals surface area contributed by atoms with Crippen molar-refractivity contribution in [3.63, 3.8) is 0 Å². The molecule has 1 unspecified atom stereocenters. The van der Waals surface area contributed by atoms with Gasteiger partial charge in [0.05, 0.1) is 28.1 Å². The highest BCUT2D eigenvalue weighted by molar-refractivity contribution is 8.00. The lowest BCUT2D eigenvalue weighted by Gasteiger charge is -2.37. The summed E-state index contributed by atoms with van der Waals surface area (Å²) in [7, 11) is 0. The number of halogens is 2. The Morgan fingerprint density at radius 2 is 2.00 bits per heavy atom. The van der Waals surface area contributed by atoms with Crippen molar-refractivity contribution in [2.45, 2.75) is 17.3 Å². The van der Waals surface area contributed by atoms with E-state index >= 15 is 0 Å². The van der Waals surface area contributed by atoms with Gasteiger partial charge in [-0.25, -0.2) is 14.0 Å². The lowest BCUT2D eigenvalue weighted by atomic mass is 10.1. The molecular formula is C18H18ClFN4O4S. The predicted molar refractivity (Wildman–Crippen MR) is 108 cm³/mol. The average Bonchev–Trinajstić information content (AvgIpc) is 2.68. The summed E-state index contributed by atoms with van der Waals surface area (Å²) in [6.07, 6.45) is 0. The van der Waals surface area contributed by atoms with Crippen LogP contribution >= 0.6 is 23.5 Å². The Balaban J connectivity index is 1.72. The maximum atomic E-state index is 14.9. The average molecular weight is 441 g/mol. The van der Waals surface area contributed by atoms with Gasteiger partial charge in [0, 0.05) is 31.6 Å². The van der Waals surface area contributed by atoms with Crippen molar-refractivity contribution in [3.05, 3.63) is 33.7 Å². The molecule has 2 aromatic rings. The number of carbonyl (C=O) groups excluding carboxylic acids is 1. The highest BCUT2D eigenvalue weighted by Crippen LogP contribution is 2.46. The zero-order valence-corrected chi connectivity index (χ0v) is 17.0. The zero-order chi connectivity index (χ0) is 20.9. The van der Waals surface area contributed by atoms with E-state index in [1.807, 2.05) is 11.8 Å². The number of amides is 1. The number of benzene rings is 1. The van der Waals surface area contributed by atoms with Crippen LogP contribution < -0.4 is 15.2 Å². The summed E-state index contributed by atoms with van der Waals surface area (Å²) in [6, 6.07) is 2.73. The van der Waals surface area contributed by atoms with Crippen LogP contribution in [0.15, 0.2) is 22.0 Å². The molecule has 2 N–H and O–H groups in total. The Labute approximate surface area is 174 Å². The Morgan fingerprint density at radius 3 is 2.59 bits per heavy atom. The maximum absolute atomic E-state index is 14.9. The molecule has 1 amide bonds. The van der Waals surface area contributed by atoms with E-state index < -0.39 is 17.2 Å². The van der Waals surface area contributed by atoms with Crippen LogP contribution in [-0.2, 0) is 4.79 Å². The van der Waals surface area contributed by atoms with Crippen molar-refractivity contribution >= 4 is 52.0 Å². The first-order chi connectivity index (χ1) is 13.8. The minimum atomic E-state index is -1.31. The van der Waals surface area contributed by atoms with Crippen LogP contribution in [0.4, 0.5) is 10.1 Å². The summed E-state index contributed by atoms with van der Waals surface area (Å²) in [5.41, 5.74) is -0.135. The van der Waals surface area contributed by atoms with E-state index in [0.717, 1.165) is 6.07 Å². The Morgan fingerprint density at radius 1 is 1.31 bits per heavy atom. The number of carbonyl (C=O) groups is 2. The molecule has 4 rings (SSSR count). The molecule has 0 saturated carbocycles. The van der Waals surface area contributed by atoms with Gasteiger partial charge >= 0.3 is 5.97 Å². The van der Waals surface area contributed by atoms with E-state index in [1.165, 1.54) is 11.8 Å². The number of nitrogens with one attached hydrogen (secondary N) is 1. The predicted octanol–water partition coefficient (Wildman–Crippen LogP) is 1.85. The number of carboxylic acids is 1. The molecular weight excluding hydrogens is 423 g/mol. The fourth-order valence-corrected chi connectivity index (χ4v) is 5.10. The maximum Gasteiger partial charge on any atom is 0.342 e. The van der Waals surface area contributed by atoms with Gasteiger partial charge in [0.25, 0.3) is 0 Å². The SMILES string of the molecule is CC1Sc2c(C(=O)O)c(=O)c3cc(F)c(N4CCN(C(=O)CNCl)CC4)cc3n21. The number of aromatic carboxylic acids is 1. The number of pyridine rings is 1. The van der Waals surface area contributed by atoms with Gasteiger partial charge in [-0.1, -0.05) is 11.8 Å². The normalized spacial score (nSPS) is 18.5. The topological polar surface area (TPSA) is 94.9 Å².